The second kappa shape index (κ2) is 7.25. The lowest BCUT2D eigenvalue weighted by Gasteiger charge is -2.08. The van der Waals surface area contributed by atoms with Crippen LogP contribution in [0.25, 0.3) is 17.1 Å². The lowest BCUT2D eigenvalue weighted by molar-refractivity contribution is 0.174. The SMILES string of the molecule is COCc1nnc2n1Cc1c(C#Cc3ccc(C)nc3)ncn1-c1ccc(C)cc1-2. The third-order valence-corrected chi connectivity index (χ3v) is 5.16. The van der Waals surface area contributed by atoms with Crippen LogP contribution in [0, 0.1) is 25.7 Å². The molecule has 0 atom stereocenters. The molecule has 0 fully saturated rings. The third-order valence-electron chi connectivity index (χ3n) is 5.16. The number of rotatable bonds is 2. The van der Waals surface area contributed by atoms with Crippen LogP contribution in [0.4, 0.5) is 0 Å². The zero-order chi connectivity index (χ0) is 20.7. The fourth-order valence-electron chi connectivity index (χ4n) is 3.64. The van der Waals surface area contributed by atoms with Crippen molar-refractivity contribution in [1.29, 1.82) is 0 Å². The summed E-state index contributed by atoms with van der Waals surface area (Å²) in [5.41, 5.74) is 6.74. The summed E-state index contributed by atoms with van der Waals surface area (Å²) < 4.78 is 9.52. The molecule has 0 spiro atoms. The Morgan fingerprint density at radius 3 is 2.77 bits per heavy atom. The summed E-state index contributed by atoms with van der Waals surface area (Å²) in [7, 11) is 1.66. The molecule has 0 saturated heterocycles. The molecule has 0 amide bonds. The molecule has 0 saturated carbocycles. The molecule has 7 heteroatoms. The average molecular weight is 396 g/mol. The highest BCUT2D eigenvalue weighted by Crippen LogP contribution is 2.33. The molecule has 5 rings (SSSR count). The van der Waals surface area contributed by atoms with Crippen LogP contribution in [0.2, 0.25) is 0 Å². The summed E-state index contributed by atoms with van der Waals surface area (Å²) in [4.78, 5) is 8.92. The summed E-state index contributed by atoms with van der Waals surface area (Å²) in [6.45, 7) is 4.98. The van der Waals surface area contributed by atoms with Gasteiger partial charge < -0.3 is 9.30 Å². The number of hydrogen-bond acceptors (Lipinski definition) is 5. The quantitative estimate of drug-likeness (QED) is 0.429. The summed E-state index contributed by atoms with van der Waals surface area (Å²) in [5.74, 6) is 8.01. The number of aromatic nitrogens is 6. The van der Waals surface area contributed by atoms with E-state index in [0.717, 1.165) is 51.1 Å². The summed E-state index contributed by atoms with van der Waals surface area (Å²) in [6, 6.07) is 10.2. The monoisotopic (exact) mass is 396 g/mol. The number of imidazole rings is 1. The Hall–Kier alpha value is -3.76. The van der Waals surface area contributed by atoms with Crippen LogP contribution in [-0.4, -0.2) is 36.4 Å². The maximum atomic E-state index is 5.34. The van der Waals surface area contributed by atoms with Gasteiger partial charge in [0.25, 0.3) is 0 Å². The molecule has 1 aliphatic heterocycles. The van der Waals surface area contributed by atoms with E-state index in [1.165, 1.54) is 0 Å². The predicted molar refractivity (Wildman–Crippen MR) is 112 cm³/mol. The summed E-state index contributed by atoms with van der Waals surface area (Å²) in [5, 5.41) is 8.83. The summed E-state index contributed by atoms with van der Waals surface area (Å²) in [6.07, 6.45) is 3.61. The van der Waals surface area contributed by atoms with Gasteiger partial charge in [0.1, 0.15) is 18.6 Å². The fourth-order valence-corrected chi connectivity index (χ4v) is 3.64. The minimum absolute atomic E-state index is 0.387. The van der Waals surface area contributed by atoms with Crippen molar-refractivity contribution in [3.63, 3.8) is 0 Å². The highest BCUT2D eigenvalue weighted by Gasteiger charge is 2.25. The Morgan fingerprint density at radius 2 is 1.97 bits per heavy atom. The van der Waals surface area contributed by atoms with Gasteiger partial charge in [-0.15, -0.1) is 10.2 Å². The van der Waals surface area contributed by atoms with Crippen LogP contribution in [0.5, 0.6) is 0 Å². The standard InChI is InChI=1S/C23H20N6O/c1-15-4-9-20-18(10-15)23-27-26-22(13-30-3)28(23)12-21-19(25-14-29(20)21)8-7-17-6-5-16(2)24-11-17/h4-6,9-11,14H,12-13H2,1-3H3. The molecular formula is C23H20N6O. The van der Waals surface area contributed by atoms with Gasteiger partial charge in [-0.2, -0.15) is 0 Å². The third kappa shape index (κ3) is 3.08. The number of methoxy groups -OCH3 is 1. The van der Waals surface area contributed by atoms with Crippen molar-refractivity contribution in [2.45, 2.75) is 27.0 Å². The van der Waals surface area contributed by atoms with Crippen molar-refractivity contribution < 1.29 is 4.74 Å². The van der Waals surface area contributed by atoms with E-state index in [0.29, 0.717) is 13.2 Å². The van der Waals surface area contributed by atoms with Crippen LogP contribution < -0.4 is 0 Å². The van der Waals surface area contributed by atoms with Crippen LogP contribution in [0.15, 0.2) is 42.9 Å². The summed E-state index contributed by atoms with van der Waals surface area (Å²) >= 11 is 0. The lowest BCUT2D eigenvalue weighted by Crippen LogP contribution is -2.09. The van der Waals surface area contributed by atoms with Crippen molar-refractivity contribution >= 4 is 0 Å². The van der Waals surface area contributed by atoms with Crippen LogP contribution in [0.1, 0.15) is 34.0 Å². The van der Waals surface area contributed by atoms with Gasteiger partial charge in [0.15, 0.2) is 11.6 Å². The molecule has 148 valence electrons. The Morgan fingerprint density at radius 1 is 1.07 bits per heavy atom. The zero-order valence-electron chi connectivity index (χ0n) is 17.0. The molecule has 0 unspecified atom stereocenters. The van der Waals surface area contributed by atoms with Gasteiger partial charge >= 0.3 is 0 Å². The van der Waals surface area contributed by atoms with E-state index in [-0.39, 0.29) is 0 Å². The number of pyridine rings is 1. The number of hydrogen-bond donors (Lipinski definition) is 0. The van der Waals surface area contributed by atoms with Gasteiger partial charge in [-0.25, -0.2) is 4.98 Å². The normalized spacial score (nSPS) is 11.7. The van der Waals surface area contributed by atoms with E-state index < -0.39 is 0 Å². The second-order valence-corrected chi connectivity index (χ2v) is 7.33. The molecule has 0 N–H and O–H groups in total. The van der Waals surface area contributed by atoms with E-state index in [4.69, 9.17) is 4.74 Å². The number of aryl methyl sites for hydroxylation is 2. The largest absolute Gasteiger partial charge is 0.377 e. The van der Waals surface area contributed by atoms with E-state index in [1.54, 1.807) is 13.3 Å². The molecule has 0 bridgehead atoms. The van der Waals surface area contributed by atoms with Gasteiger partial charge in [-0.1, -0.05) is 17.6 Å². The van der Waals surface area contributed by atoms with Gasteiger partial charge in [-0.3, -0.25) is 9.55 Å². The Kier molecular flexibility index (Phi) is 4.42. The Labute approximate surface area is 174 Å². The van der Waals surface area contributed by atoms with Crippen molar-refractivity contribution in [3.8, 4) is 28.9 Å². The van der Waals surface area contributed by atoms with Crippen molar-refractivity contribution in [3.05, 3.63) is 76.9 Å². The van der Waals surface area contributed by atoms with Gasteiger partial charge in [0, 0.05) is 30.1 Å². The van der Waals surface area contributed by atoms with Crippen molar-refractivity contribution in [2.75, 3.05) is 7.11 Å². The number of ether oxygens (including phenoxy) is 1. The van der Waals surface area contributed by atoms with Gasteiger partial charge in [-0.05, 0) is 44.0 Å². The fraction of sp³-hybridized carbons (Fsp3) is 0.217. The second-order valence-electron chi connectivity index (χ2n) is 7.33. The van der Waals surface area contributed by atoms with E-state index in [2.05, 4.69) is 66.3 Å². The first-order valence-corrected chi connectivity index (χ1v) is 9.67. The molecule has 0 aliphatic carbocycles. The first-order valence-electron chi connectivity index (χ1n) is 9.67. The van der Waals surface area contributed by atoms with E-state index >= 15 is 0 Å². The minimum atomic E-state index is 0.387. The highest BCUT2D eigenvalue weighted by atomic mass is 16.5. The average Bonchev–Trinajstić information content (AvgIpc) is 3.29. The number of fused-ring (bicyclic) bond motifs is 5. The molecule has 4 aromatic rings. The van der Waals surface area contributed by atoms with Crippen LogP contribution in [-0.2, 0) is 17.9 Å². The van der Waals surface area contributed by atoms with E-state index in [9.17, 15) is 0 Å². The molecule has 7 nitrogen and oxygen atoms in total. The molecule has 0 radical (unpaired) electrons. The molecule has 30 heavy (non-hydrogen) atoms. The smallest absolute Gasteiger partial charge is 0.166 e. The first-order chi connectivity index (χ1) is 14.6. The van der Waals surface area contributed by atoms with Crippen molar-refractivity contribution in [2.24, 2.45) is 0 Å². The first kappa shape index (κ1) is 18.3. The van der Waals surface area contributed by atoms with Crippen LogP contribution >= 0.6 is 0 Å². The Bertz CT molecular complexity index is 1300. The number of benzene rings is 1. The number of nitrogens with zero attached hydrogens (tertiary/aromatic N) is 6. The topological polar surface area (TPSA) is 70.7 Å². The molecular weight excluding hydrogens is 376 g/mol. The highest BCUT2D eigenvalue weighted by molar-refractivity contribution is 5.70. The predicted octanol–water partition coefficient (Wildman–Crippen LogP) is 3.05. The molecule has 3 aromatic heterocycles. The molecule has 4 heterocycles. The Balaban J connectivity index is 1.67. The maximum Gasteiger partial charge on any atom is 0.166 e. The molecule has 1 aromatic carbocycles. The van der Waals surface area contributed by atoms with Gasteiger partial charge in [0.05, 0.1) is 17.9 Å². The van der Waals surface area contributed by atoms with Gasteiger partial charge in [0.2, 0.25) is 0 Å². The minimum Gasteiger partial charge on any atom is -0.377 e. The zero-order valence-corrected chi connectivity index (χ0v) is 17.0. The maximum absolute atomic E-state index is 5.34. The van der Waals surface area contributed by atoms with Crippen LogP contribution in [0.3, 0.4) is 0 Å². The van der Waals surface area contributed by atoms with Crippen molar-refractivity contribution in [1.82, 2.24) is 29.3 Å². The van der Waals surface area contributed by atoms with E-state index in [1.807, 2.05) is 25.4 Å². The molecule has 1 aliphatic rings. The lowest BCUT2D eigenvalue weighted by atomic mass is 10.1.